The van der Waals surface area contributed by atoms with Crippen molar-refractivity contribution in [1.29, 1.82) is 0 Å². The summed E-state index contributed by atoms with van der Waals surface area (Å²) < 4.78 is 0. The van der Waals surface area contributed by atoms with Crippen molar-refractivity contribution in [2.45, 2.75) is 157 Å². The first kappa shape index (κ1) is 34.0. The molecular formula is C38H60N2. The van der Waals surface area contributed by atoms with Crippen molar-refractivity contribution in [2.24, 2.45) is 9.98 Å². The molecule has 0 spiro atoms. The van der Waals surface area contributed by atoms with Crippen molar-refractivity contribution in [3.05, 3.63) is 57.6 Å². The Morgan fingerprint density at radius 3 is 0.900 bits per heavy atom. The lowest BCUT2D eigenvalue weighted by Crippen LogP contribution is -2.02. The normalized spacial score (nSPS) is 11.8. The molecule has 0 aromatic heterocycles. The summed E-state index contributed by atoms with van der Waals surface area (Å²) in [6.45, 7) is 13.8. The number of nitrogens with zero attached hydrogens (tertiary/aromatic N) is 2. The second-order valence-electron chi connectivity index (χ2n) is 11.7. The van der Waals surface area contributed by atoms with Crippen LogP contribution in [0, 0.1) is 0 Å². The van der Waals surface area contributed by atoms with Gasteiger partial charge < -0.3 is 0 Å². The minimum Gasteiger partial charge on any atom is -0.255 e. The lowest BCUT2D eigenvalue weighted by atomic mass is 9.90. The average Bonchev–Trinajstić information content (AvgIpc) is 2.97. The van der Waals surface area contributed by atoms with Gasteiger partial charge in [-0.15, -0.1) is 0 Å². The van der Waals surface area contributed by atoms with E-state index in [9.17, 15) is 0 Å². The van der Waals surface area contributed by atoms with Gasteiger partial charge in [0.2, 0.25) is 0 Å². The van der Waals surface area contributed by atoms with Crippen LogP contribution < -0.4 is 0 Å². The van der Waals surface area contributed by atoms with Crippen LogP contribution in [-0.2, 0) is 38.5 Å². The molecule has 0 bridgehead atoms. The van der Waals surface area contributed by atoms with Gasteiger partial charge in [0, 0.05) is 12.4 Å². The van der Waals surface area contributed by atoms with Crippen LogP contribution in [0.25, 0.3) is 0 Å². The molecule has 222 valence electrons. The van der Waals surface area contributed by atoms with Crippen LogP contribution in [0.5, 0.6) is 0 Å². The summed E-state index contributed by atoms with van der Waals surface area (Å²) >= 11 is 0. The fraction of sp³-hybridized carbons (Fsp3) is 0.632. The number of hydrogen-bond donors (Lipinski definition) is 0. The Kier molecular flexibility index (Phi) is 17.5. The zero-order chi connectivity index (χ0) is 29.0. The molecule has 2 rings (SSSR count). The largest absolute Gasteiger partial charge is 0.255 e. The third-order valence-electron chi connectivity index (χ3n) is 8.11. The van der Waals surface area contributed by atoms with Crippen LogP contribution in [0.15, 0.2) is 34.3 Å². The summed E-state index contributed by atoms with van der Waals surface area (Å²) in [5.74, 6) is 0. The van der Waals surface area contributed by atoms with Crippen LogP contribution in [0.1, 0.15) is 152 Å². The molecule has 2 aromatic carbocycles. The Bertz CT molecular complexity index is 888. The first-order valence-corrected chi connectivity index (χ1v) is 17.0. The van der Waals surface area contributed by atoms with E-state index in [0.717, 1.165) is 37.1 Å². The standard InChI is InChI=1S/C38H60N2/c1-7-13-19-31-27-35(28-32(20-14-8-2)37(31)23-17-11-5)39-25-26-40-36-29-33(21-15-9-3)38(24-18-12-6)34(30-36)22-16-10-4/h25-30H,7-24H2,1-6H3. The maximum absolute atomic E-state index is 4.91. The summed E-state index contributed by atoms with van der Waals surface area (Å²) in [6, 6.07) is 9.42. The molecule has 40 heavy (non-hydrogen) atoms. The fourth-order valence-corrected chi connectivity index (χ4v) is 5.66. The van der Waals surface area contributed by atoms with Gasteiger partial charge in [0.1, 0.15) is 0 Å². The van der Waals surface area contributed by atoms with E-state index in [1.165, 1.54) is 112 Å². The number of aryl methyl sites for hydroxylation is 4. The smallest absolute Gasteiger partial charge is 0.0635 e. The lowest BCUT2D eigenvalue weighted by Gasteiger charge is -2.16. The Morgan fingerprint density at radius 2 is 0.650 bits per heavy atom. The van der Waals surface area contributed by atoms with Crippen molar-refractivity contribution in [2.75, 3.05) is 0 Å². The summed E-state index contributed by atoms with van der Waals surface area (Å²) in [5, 5.41) is 0. The van der Waals surface area contributed by atoms with Gasteiger partial charge in [-0.05, 0) is 135 Å². The molecule has 0 heterocycles. The molecule has 0 radical (unpaired) electrons. The molecule has 0 saturated carbocycles. The predicted molar refractivity (Wildman–Crippen MR) is 181 cm³/mol. The van der Waals surface area contributed by atoms with Crippen LogP contribution in [0.4, 0.5) is 11.4 Å². The molecule has 0 aliphatic rings. The topological polar surface area (TPSA) is 24.7 Å². The Hall–Kier alpha value is -2.22. The fourth-order valence-electron chi connectivity index (χ4n) is 5.66. The summed E-state index contributed by atoms with van der Waals surface area (Å²) in [5.41, 5.74) is 11.5. The van der Waals surface area contributed by atoms with Crippen LogP contribution in [-0.4, -0.2) is 12.4 Å². The van der Waals surface area contributed by atoms with Crippen LogP contribution in [0.2, 0.25) is 0 Å². The summed E-state index contributed by atoms with van der Waals surface area (Å²) in [6.07, 6.45) is 25.8. The van der Waals surface area contributed by atoms with Gasteiger partial charge in [-0.1, -0.05) is 80.1 Å². The highest BCUT2D eigenvalue weighted by Gasteiger charge is 2.12. The van der Waals surface area contributed by atoms with Crippen LogP contribution >= 0.6 is 0 Å². The minimum absolute atomic E-state index is 1.09. The van der Waals surface area contributed by atoms with Gasteiger partial charge in [-0.2, -0.15) is 0 Å². The molecule has 2 heteroatoms. The first-order valence-electron chi connectivity index (χ1n) is 17.0. The predicted octanol–water partition coefficient (Wildman–Crippen LogP) is 11.8. The molecule has 0 saturated heterocycles. The van der Waals surface area contributed by atoms with Crippen molar-refractivity contribution < 1.29 is 0 Å². The van der Waals surface area contributed by atoms with Gasteiger partial charge in [-0.3, -0.25) is 9.98 Å². The highest BCUT2D eigenvalue weighted by Crippen LogP contribution is 2.29. The van der Waals surface area contributed by atoms with Gasteiger partial charge in [-0.25, -0.2) is 0 Å². The summed E-state index contributed by atoms with van der Waals surface area (Å²) in [4.78, 5) is 9.82. The van der Waals surface area contributed by atoms with E-state index in [0.29, 0.717) is 0 Å². The molecule has 0 fully saturated rings. The molecule has 0 N–H and O–H groups in total. The molecule has 0 amide bonds. The van der Waals surface area contributed by atoms with E-state index in [-0.39, 0.29) is 0 Å². The van der Waals surface area contributed by atoms with E-state index in [1.54, 1.807) is 11.1 Å². The molecule has 0 aliphatic heterocycles. The number of benzene rings is 2. The van der Waals surface area contributed by atoms with Crippen molar-refractivity contribution in [3.63, 3.8) is 0 Å². The summed E-state index contributed by atoms with van der Waals surface area (Å²) in [7, 11) is 0. The van der Waals surface area contributed by atoms with Gasteiger partial charge in [0.25, 0.3) is 0 Å². The van der Waals surface area contributed by atoms with Crippen molar-refractivity contribution in [3.8, 4) is 0 Å². The van der Waals surface area contributed by atoms with E-state index in [1.807, 2.05) is 12.4 Å². The number of unbranched alkanes of at least 4 members (excludes halogenated alkanes) is 6. The van der Waals surface area contributed by atoms with E-state index in [4.69, 9.17) is 9.98 Å². The molecule has 2 nitrogen and oxygen atoms in total. The zero-order valence-corrected chi connectivity index (χ0v) is 27.1. The van der Waals surface area contributed by atoms with E-state index < -0.39 is 0 Å². The Morgan fingerprint density at radius 1 is 0.400 bits per heavy atom. The lowest BCUT2D eigenvalue weighted by molar-refractivity contribution is 0.735. The Balaban J connectivity index is 2.37. The van der Waals surface area contributed by atoms with E-state index >= 15 is 0 Å². The zero-order valence-electron chi connectivity index (χ0n) is 27.1. The molecular weight excluding hydrogens is 484 g/mol. The number of rotatable bonds is 21. The van der Waals surface area contributed by atoms with Gasteiger partial charge >= 0.3 is 0 Å². The molecule has 0 aliphatic carbocycles. The maximum Gasteiger partial charge on any atom is 0.0635 e. The Labute approximate surface area is 248 Å². The molecule has 0 unspecified atom stereocenters. The third-order valence-corrected chi connectivity index (χ3v) is 8.11. The quantitative estimate of drug-likeness (QED) is 0.140. The van der Waals surface area contributed by atoms with Crippen LogP contribution in [0.3, 0.4) is 0 Å². The number of hydrogen-bond acceptors (Lipinski definition) is 2. The second-order valence-corrected chi connectivity index (χ2v) is 11.7. The highest BCUT2D eigenvalue weighted by atomic mass is 14.8. The van der Waals surface area contributed by atoms with Crippen molar-refractivity contribution >= 4 is 23.8 Å². The monoisotopic (exact) mass is 544 g/mol. The van der Waals surface area contributed by atoms with Gasteiger partial charge in [0.05, 0.1) is 11.4 Å². The maximum atomic E-state index is 4.91. The van der Waals surface area contributed by atoms with Crippen molar-refractivity contribution in [1.82, 2.24) is 0 Å². The van der Waals surface area contributed by atoms with Gasteiger partial charge in [0.15, 0.2) is 0 Å². The average molecular weight is 545 g/mol. The number of aliphatic imine (C=N–C) groups is 2. The molecule has 2 aromatic rings. The molecule has 0 atom stereocenters. The van der Waals surface area contributed by atoms with E-state index in [2.05, 4.69) is 65.8 Å². The first-order chi connectivity index (χ1) is 19.6. The minimum atomic E-state index is 1.09. The highest BCUT2D eigenvalue weighted by molar-refractivity contribution is 6.17. The third kappa shape index (κ3) is 11.7. The second kappa shape index (κ2) is 20.6. The SMILES string of the molecule is CCCCc1cc(N=CC=Nc2cc(CCCC)c(CCCC)c(CCCC)c2)cc(CCCC)c1CCCC.